The summed E-state index contributed by atoms with van der Waals surface area (Å²) in [6.07, 6.45) is 10.4. The minimum atomic E-state index is 0.347. The number of hydrogen-bond donors (Lipinski definition) is 2. The molecule has 2 rings (SSSR count). The quantitative estimate of drug-likeness (QED) is 0.551. The summed E-state index contributed by atoms with van der Waals surface area (Å²) in [6.45, 7) is 3.35. The van der Waals surface area contributed by atoms with Crippen molar-refractivity contribution in [2.75, 3.05) is 6.54 Å². The summed E-state index contributed by atoms with van der Waals surface area (Å²) >= 11 is 0. The number of rotatable bonds is 6. The average molecular weight is 237 g/mol. The molecule has 0 aromatic heterocycles. The van der Waals surface area contributed by atoms with Gasteiger partial charge in [0.15, 0.2) is 0 Å². The van der Waals surface area contributed by atoms with E-state index in [0.29, 0.717) is 5.84 Å². The van der Waals surface area contributed by atoms with Gasteiger partial charge < -0.3 is 5.73 Å². The smallest absolute Gasteiger partial charge is 0.0918 e. The fourth-order valence-electron chi connectivity index (χ4n) is 3.38. The fourth-order valence-corrected chi connectivity index (χ4v) is 3.38. The summed E-state index contributed by atoms with van der Waals surface area (Å²) in [5.41, 5.74) is 5.51. The van der Waals surface area contributed by atoms with Crippen LogP contribution in [0.4, 0.5) is 0 Å². The normalized spacial score (nSPS) is 29.5. The summed E-state index contributed by atoms with van der Waals surface area (Å²) in [6, 6.07) is 1.59. The molecule has 0 radical (unpaired) electrons. The molecule has 0 aromatic carbocycles. The number of hydrogen-bond acceptors (Lipinski definition) is 2. The predicted molar refractivity (Wildman–Crippen MR) is 72.3 cm³/mol. The maximum atomic E-state index is 7.41. The lowest BCUT2D eigenvalue weighted by Gasteiger charge is -2.40. The van der Waals surface area contributed by atoms with Crippen molar-refractivity contribution in [1.29, 1.82) is 5.41 Å². The molecule has 2 aliphatic carbocycles. The second kappa shape index (κ2) is 5.85. The fraction of sp³-hybridized carbons (Fsp3) is 0.929. The van der Waals surface area contributed by atoms with Gasteiger partial charge in [-0.15, -0.1) is 0 Å². The van der Waals surface area contributed by atoms with Crippen molar-refractivity contribution >= 4 is 5.84 Å². The van der Waals surface area contributed by atoms with Gasteiger partial charge in [0.1, 0.15) is 0 Å². The standard InChI is InChI=1S/C14H27N3/c1-2-11-5-3-4-6-13(11)17(12-7-8-12)10-9-14(15)16/h11-13H,2-10H2,1H3,(H3,15,16). The third-order valence-electron chi connectivity index (χ3n) is 4.47. The summed E-state index contributed by atoms with van der Waals surface area (Å²) in [7, 11) is 0. The van der Waals surface area contributed by atoms with Gasteiger partial charge >= 0.3 is 0 Å². The molecule has 0 amide bonds. The third kappa shape index (κ3) is 3.44. The Bertz CT molecular complexity index is 260. The van der Waals surface area contributed by atoms with Gasteiger partial charge in [0.2, 0.25) is 0 Å². The number of nitrogens with one attached hydrogen (secondary N) is 1. The molecule has 3 nitrogen and oxygen atoms in total. The highest BCUT2D eigenvalue weighted by atomic mass is 15.2. The van der Waals surface area contributed by atoms with Crippen LogP contribution in [0.5, 0.6) is 0 Å². The Hall–Kier alpha value is -0.570. The zero-order valence-corrected chi connectivity index (χ0v) is 11.1. The third-order valence-corrected chi connectivity index (χ3v) is 4.47. The molecular weight excluding hydrogens is 210 g/mol. The summed E-state index contributed by atoms with van der Waals surface area (Å²) in [5, 5.41) is 7.41. The van der Waals surface area contributed by atoms with Crippen LogP contribution in [0.15, 0.2) is 0 Å². The molecule has 2 aliphatic rings. The van der Waals surface area contributed by atoms with Crippen LogP contribution in [0.1, 0.15) is 58.3 Å². The maximum Gasteiger partial charge on any atom is 0.0918 e. The van der Waals surface area contributed by atoms with Crippen LogP contribution in [0, 0.1) is 11.3 Å². The summed E-state index contributed by atoms with van der Waals surface area (Å²) in [5.74, 6) is 1.23. The monoisotopic (exact) mass is 237 g/mol. The van der Waals surface area contributed by atoms with E-state index in [9.17, 15) is 0 Å². The van der Waals surface area contributed by atoms with Gasteiger partial charge in [-0.25, -0.2) is 0 Å². The van der Waals surface area contributed by atoms with Gasteiger partial charge in [0.25, 0.3) is 0 Å². The van der Waals surface area contributed by atoms with Crippen molar-refractivity contribution < 1.29 is 0 Å². The second-order valence-corrected chi connectivity index (χ2v) is 5.76. The van der Waals surface area contributed by atoms with E-state index in [4.69, 9.17) is 11.1 Å². The Balaban J connectivity index is 1.95. The molecule has 98 valence electrons. The molecule has 2 unspecified atom stereocenters. The van der Waals surface area contributed by atoms with Crippen LogP contribution in [0.2, 0.25) is 0 Å². The minimum Gasteiger partial charge on any atom is -0.388 e. The number of amidine groups is 1. The Labute approximate surface area is 105 Å². The van der Waals surface area contributed by atoms with Gasteiger partial charge in [-0.1, -0.05) is 26.2 Å². The summed E-state index contributed by atoms with van der Waals surface area (Å²) < 4.78 is 0. The predicted octanol–water partition coefficient (Wildman–Crippen LogP) is 2.75. The molecule has 2 atom stereocenters. The molecule has 0 heterocycles. The molecule has 3 N–H and O–H groups in total. The van der Waals surface area contributed by atoms with E-state index in [0.717, 1.165) is 31.0 Å². The molecular formula is C14H27N3. The van der Waals surface area contributed by atoms with E-state index < -0.39 is 0 Å². The highest BCUT2D eigenvalue weighted by molar-refractivity contribution is 5.76. The first-order chi connectivity index (χ1) is 8.22. The van der Waals surface area contributed by atoms with Crippen molar-refractivity contribution in [1.82, 2.24) is 4.90 Å². The molecule has 17 heavy (non-hydrogen) atoms. The SMILES string of the molecule is CCC1CCCCC1N(CCC(=N)N)C1CC1. The van der Waals surface area contributed by atoms with Crippen LogP contribution in [-0.4, -0.2) is 29.4 Å². The molecule has 2 fully saturated rings. The first-order valence-corrected chi connectivity index (χ1v) is 7.31. The molecule has 0 bridgehead atoms. The minimum absolute atomic E-state index is 0.347. The van der Waals surface area contributed by atoms with E-state index in [1.54, 1.807) is 0 Å². The highest BCUT2D eigenvalue weighted by Gasteiger charge is 2.37. The number of nitrogens with zero attached hydrogens (tertiary/aromatic N) is 1. The lowest BCUT2D eigenvalue weighted by Crippen LogP contribution is -2.45. The Morgan fingerprint density at radius 3 is 2.53 bits per heavy atom. The zero-order chi connectivity index (χ0) is 12.3. The van der Waals surface area contributed by atoms with E-state index in [2.05, 4.69) is 11.8 Å². The van der Waals surface area contributed by atoms with Gasteiger partial charge in [0.05, 0.1) is 5.84 Å². The lowest BCUT2D eigenvalue weighted by atomic mass is 9.81. The second-order valence-electron chi connectivity index (χ2n) is 5.76. The Kier molecular flexibility index (Phi) is 4.43. The molecule has 0 aliphatic heterocycles. The molecule has 0 spiro atoms. The van der Waals surface area contributed by atoms with Crippen LogP contribution in [0.25, 0.3) is 0 Å². The van der Waals surface area contributed by atoms with E-state index in [1.165, 1.54) is 44.9 Å². The molecule has 0 aromatic rings. The van der Waals surface area contributed by atoms with Gasteiger partial charge in [-0.2, -0.15) is 0 Å². The van der Waals surface area contributed by atoms with Crippen molar-refractivity contribution in [2.45, 2.75) is 70.4 Å². The Morgan fingerprint density at radius 2 is 1.94 bits per heavy atom. The van der Waals surface area contributed by atoms with Crippen LogP contribution in [-0.2, 0) is 0 Å². The average Bonchev–Trinajstić information content (AvgIpc) is 3.14. The van der Waals surface area contributed by atoms with Gasteiger partial charge in [0, 0.05) is 25.0 Å². The van der Waals surface area contributed by atoms with E-state index >= 15 is 0 Å². The largest absolute Gasteiger partial charge is 0.388 e. The first kappa shape index (κ1) is 12.9. The zero-order valence-electron chi connectivity index (χ0n) is 11.1. The van der Waals surface area contributed by atoms with Crippen LogP contribution < -0.4 is 5.73 Å². The number of nitrogens with two attached hydrogens (primary N) is 1. The lowest BCUT2D eigenvalue weighted by molar-refractivity contribution is 0.0960. The van der Waals surface area contributed by atoms with Gasteiger partial charge in [-0.05, 0) is 31.6 Å². The van der Waals surface area contributed by atoms with Crippen LogP contribution >= 0.6 is 0 Å². The van der Waals surface area contributed by atoms with Crippen molar-refractivity contribution in [3.05, 3.63) is 0 Å². The summed E-state index contributed by atoms with van der Waals surface area (Å²) in [4.78, 5) is 2.69. The molecule has 2 saturated carbocycles. The van der Waals surface area contributed by atoms with E-state index in [-0.39, 0.29) is 0 Å². The molecule has 3 heteroatoms. The topological polar surface area (TPSA) is 53.1 Å². The van der Waals surface area contributed by atoms with E-state index in [1.807, 2.05) is 0 Å². The van der Waals surface area contributed by atoms with Crippen molar-refractivity contribution in [3.8, 4) is 0 Å². The first-order valence-electron chi connectivity index (χ1n) is 7.31. The van der Waals surface area contributed by atoms with Crippen molar-refractivity contribution in [3.63, 3.8) is 0 Å². The Morgan fingerprint density at radius 1 is 1.24 bits per heavy atom. The molecule has 0 saturated heterocycles. The van der Waals surface area contributed by atoms with Crippen LogP contribution in [0.3, 0.4) is 0 Å². The highest BCUT2D eigenvalue weighted by Crippen LogP contribution is 2.37. The van der Waals surface area contributed by atoms with Gasteiger partial charge in [-0.3, -0.25) is 10.3 Å². The maximum absolute atomic E-state index is 7.41. The van der Waals surface area contributed by atoms with Crippen molar-refractivity contribution in [2.24, 2.45) is 11.7 Å².